The van der Waals surface area contributed by atoms with E-state index in [1.165, 1.54) is 31.4 Å². The Hall–Kier alpha value is -2.81. The van der Waals surface area contributed by atoms with Crippen molar-refractivity contribution in [3.05, 3.63) is 41.7 Å². The van der Waals surface area contributed by atoms with Gasteiger partial charge in [0, 0.05) is 57.0 Å². The maximum absolute atomic E-state index is 14.1. The van der Waals surface area contributed by atoms with E-state index in [-0.39, 0.29) is 34.9 Å². The fourth-order valence-corrected chi connectivity index (χ4v) is 4.96. The molecule has 0 radical (unpaired) electrons. The fourth-order valence-electron chi connectivity index (χ4n) is 4.96. The highest BCUT2D eigenvalue weighted by molar-refractivity contribution is 5.93. The van der Waals surface area contributed by atoms with Gasteiger partial charge in [-0.15, -0.1) is 0 Å². The molecule has 2 heterocycles. The molecule has 178 valence electrons. The topological polar surface area (TPSA) is 78.7 Å². The Morgan fingerprint density at radius 1 is 1.12 bits per heavy atom. The van der Waals surface area contributed by atoms with Crippen molar-refractivity contribution in [2.24, 2.45) is 5.92 Å². The quantitative estimate of drug-likeness (QED) is 0.739. The predicted molar refractivity (Wildman–Crippen MR) is 118 cm³/mol. The number of aromatic nitrogens is 1. The maximum Gasteiger partial charge on any atom is 0.290 e. The highest BCUT2D eigenvalue weighted by Gasteiger charge is 2.38. The van der Waals surface area contributed by atoms with Crippen LogP contribution >= 0.6 is 0 Å². The molecule has 4 rings (SSSR count). The van der Waals surface area contributed by atoms with Crippen molar-refractivity contribution in [1.82, 2.24) is 20.3 Å². The normalized spacial score (nSPS) is 22.2. The summed E-state index contributed by atoms with van der Waals surface area (Å²) in [5.74, 6) is -2.47. The van der Waals surface area contributed by atoms with Crippen LogP contribution in [-0.2, 0) is 4.79 Å². The number of benzene rings is 1. The minimum absolute atomic E-state index is 0.0209. The third kappa shape index (κ3) is 5.24. The van der Waals surface area contributed by atoms with Crippen LogP contribution in [0.1, 0.15) is 49.1 Å². The first-order valence-corrected chi connectivity index (χ1v) is 11.5. The summed E-state index contributed by atoms with van der Waals surface area (Å²) in [5.41, 5.74) is 0.145. The minimum Gasteiger partial charge on any atom is -0.350 e. The highest BCUT2D eigenvalue weighted by Crippen LogP contribution is 2.29. The van der Waals surface area contributed by atoms with E-state index in [2.05, 4.69) is 15.4 Å². The zero-order chi connectivity index (χ0) is 23.5. The molecule has 1 aromatic heterocycles. The molecule has 2 amide bonds. The highest BCUT2D eigenvalue weighted by atomic mass is 19.1. The van der Waals surface area contributed by atoms with E-state index in [4.69, 9.17) is 4.52 Å². The molecule has 0 spiro atoms. The maximum atomic E-state index is 14.1. The molecular weight excluding hydrogens is 430 g/mol. The number of hydrogen-bond acceptors (Lipinski definition) is 5. The lowest BCUT2D eigenvalue weighted by Gasteiger charge is -2.43. The number of carbonyl (C=O) groups excluding carboxylic acids is 2. The van der Waals surface area contributed by atoms with Gasteiger partial charge >= 0.3 is 0 Å². The molecule has 2 atom stereocenters. The van der Waals surface area contributed by atoms with Gasteiger partial charge in [0.15, 0.2) is 0 Å². The molecule has 1 N–H and O–H groups in total. The summed E-state index contributed by atoms with van der Waals surface area (Å²) in [7, 11) is 3.45. The van der Waals surface area contributed by atoms with Gasteiger partial charge in [-0.25, -0.2) is 8.78 Å². The largest absolute Gasteiger partial charge is 0.350 e. The van der Waals surface area contributed by atoms with E-state index in [0.717, 1.165) is 31.5 Å². The fraction of sp³-hybridized carbons (Fsp3) is 0.542. The summed E-state index contributed by atoms with van der Waals surface area (Å²) in [6, 6.07) is 4.59. The zero-order valence-electron chi connectivity index (χ0n) is 19.0. The van der Waals surface area contributed by atoms with Crippen molar-refractivity contribution < 1.29 is 22.9 Å². The standard InChI is InChI=1S/C24H30F2N4O3/c1-29(2)24(32)18-14-30(16-6-4-3-5-7-16)11-10-20(18)27-23(31)22-13-21(28-33-22)17-9-8-15(25)12-19(17)26/h8-9,12-13,16,18,20H,3-7,10-11,14H2,1-2H3,(H,27,31)/t18-,20-/m1/s1. The Labute approximate surface area is 192 Å². The molecule has 1 saturated heterocycles. The van der Waals surface area contributed by atoms with Crippen LogP contribution in [0.3, 0.4) is 0 Å². The number of carbonyl (C=O) groups is 2. The van der Waals surface area contributed by atoms with Gasteiger partial charge in [0.25, 0.3) is 5.91 Å². The molecular formula is C24H30F2N4O3. The number of amides is 2. The Morgan fingerprint density at radius 2 is 1.88 bits per heavy atom. The van der Waals surface area contributed by atoms with E-state index < -0.39 is 17.5 Å². The van der Waals surface area contributed by atoms with Gasteiger partial charge in [-0.2, -0.15) is 0 Å². The Morgan fingerprint density at radius 3 is 2.58 bits per heavy atom. The second-order valence-electron chi connectivity index (χ2n) is 9.20. The first-order chi connectivity index (χ1) is 15.8. The smallest absolute Gasteiger partial charge is 0.290 e. The van der Waals surface area contributed by atoms with Crippen LogP contribution in [0.25, 0.3) is 11.3 Å². The summed E-state index contributed by atoms with van der Waals surface area (Å²) >= 11 is 0. The third-order valence-corrected chi connectivity index (χ3v) is 6.75. The van der Waals surface area contributed by atoms with Gasteiger partial charge in [-0.3, -0.25) is 14.5 Å². The molecule has 1 aliphatic carbocycles. The molecule has 2 aromatic rings. The van der Waals surface area contributed by atoms with Crippen LogP contribution in [0.2, 0.25) is 0 Å². The summed E-state index contributed by atoms with van der Waals surface area (Å²) in [6.45, 7) is 1.42. The van der Waals surface area contributed by atoms with Crippen molar-refractivity contribution in [3.8, 4) is 11.3 Å². The average Bonchev–Trinajstić information content (AvgIpc) is 3.29. The van der Waals surface area contributed by atoms with Crippen molar-refractivity contribution in [3.63, 3.8) is 0 Å². The van der Waals surface area contributed by atoms with Crippen LogP contribution in [0.4, 0.5) is 8.78 Å². The number of halogens is 2. The first-order valence-electron chi connectivity index (χ1n) is 11.5. The summed E-state index contributed by atoms with van der Waals surface area (Å²) in [4.78, 5) is 29.8. The van der Waals surface area contributed by atoms with E-state index in [1.807, 2.05) is 0 Å². The SMILES string of the molecule is CN(C)C(=O)[C@@H]1CN(C2CCCCC2)CC[C@H]1NC(=O)c1cc(-c2ccc(F)cc2F)no1. The Kier molecular flexibility index (Phi) is 7.07. The molecule has 0 bridgehead atoms. The van der Waals surface area contributed by atoms with Crippen LogP contribution in [0, 0.1) is 17.6 Å². The molecule has 0 unspecified atom stereocenters. The number of nitrogens with zero attached hydrogens (tertiary/aromatic N) is 3. The molecule has 1 aliphatic heterocycles. The number of nitrogens with one attached hydrogen (secondary N) is 1. The van der Waals surface area contributed by atoms with Gasteiger partial charge < -0.3 is 14.7 Å². The molecule has 7 nitrogen and oxygen atoms in total. The van der Waals surface area contributed by atoms with Crippen molar-refractivity contribution in [2.75, 3.05) is 27.2 Å². The van der Waals surface area contributed by atoms with Crippen molar-refractivity contribution >= 4 is 11.8 Å². The first kappa shape index (κ1) is 23.4. The van der Waals surface area contributed by atoms with E-state index in [9.17, 15) is 18.4 Å². The van der Waals surface area contributed by atoms with Crippen molar-refractivity contribution in [2.45, 2.75) is 50.6 Å². The number of hydrogen-bond donors (Lipinski definition) is 1. The van der Waals surface area contributed by atoms with Gasteiger partial charge in [0.2, 0.25) is 11.7 Å². The molecule has 2 aliphatic rings. The second-order valence-corrected chi connectivity index (χ2v) is 9.20. The van der Waals surface area contributed by atoms with E-state index >= 15 is 0 Å². The van der Waals surface area contributed by atoms with Gasteiger partial charge in [-0.05, 0) is 31.4 Å². The Balaban J connectivity index is 1.47. The lowest BCUT2D eigenvalue weighted by Crippen LogP contribution is -2.57. The second kappa shape index (κ2) is 9.99. The van der Waals surface area contributed by atoms with Gasteiger partial charge in [0.1, 0.15) is 17.3 Å². The molecule has 2 fully saturated rings. The zero-order valence-corrected chi connectivity index (χ0v) is 19.0. The molecule has 1 saturated carbocycles. The molecule has 33 heavy (non-hydrogen) atoms. The molecule has 9 heteroatoms. The van der Waals surface area contributed by atoms with E-state index in [0.29, 0.717) is 19.0 Å². The van der Waals surface area contributed by atoms with Crippen LogP contribution in [0.5, 0.6) is 0 Å². The molecule has 1 aromatic carbocycles. The van der Waals surface area contributed by atoms with Crippen LogP contribution in [-0.4, -0.2) is 66.0 Å². The summed E-state index contributed by atoms with van der Waals surface area (Å²) < 4.78 is 32.4. The number of piperidine rings is 1. The lowest BCUT2D eigenvalue weighted by atomic mass is 9.86. The number of rotatable bonds is 5. The monoisotopic (exact) mass is 460 g/mol. The Bertz CT molecular complexity index is 1000. The number of likely N-dealkylation sites (tertiary alicyclic amines) is 1. The summed E-state index contributed by atoms with van der Waals surface area (Å²) in [5, 5.41) is 6.70. The van der Waals surface area contributed by atoms with Gasteiger partial charge in [0.05, 0.1) is 5.92 Å². The lowest BCUT2D eigenvalue weighted by molar-refractivity contribution is -0.136. The van der Waals surface area contributed by atoms with Gasteiger partial charge in [-0.1, -0.05) is 24.4 Å². The van der Waals surface area contributed by atoms with Crippen LogP contribution < -0.4 is 5.32 Å². The van der Waals surface area contributed by atoms with E-state index in [1.54, 1.807) is 19.0 Å². The van der Waals surface area contributed by atoms with Crippen molar-refractivity contribution in [1.29, 1.82) is 0 Å². The third-order valence-electron chi connectivity index (χ3n) is 6.75. The minimum atomic E-state index is -0.790. The average molecular weight is 461 g/mol. The summed E-state index contributed by atoms with van der Waals surface area (Å²) in [6.07, 6.45) is 6.66. The van der Waals surface area contributed by atoms with Crippen LogP contribution in [0.15, 0.2) is 28.8 Å². The predicted octanol–water partition coefficient (Wildman–Crippen LogP) is 3.46.